The van der Waals surface area contributed by atoms with Gasteiger partial charge in [-0.25, -0.2) is 0 Å². The molecular weight excluding hydrogens is 240 g/mol. The Labute approximate surface area is 114 Å². The molecule has 0 atom stereocenters. The van der Waals surface area contributed by atoms with Crippen molar-refractivity contribution >= 4 is 11.8 Å². The Morgan fingerprint density at radius 3 is 2.32 bits per heavy atom. The molecular formula is C15H22N2O2. The van der Waals surface area contributed by atoms with Gasteiger partial charge in [-0.05, 0) is 25.3 Å². The summed E-state index contributed by atoms with van der Waals surface area (Å²) in [5, 5.41) is 5.54. The van der Waals surface area contributed by atoms with Crippen LogP contribution in [-0.4, -0.2) is 24.9 Å². The molecule has 4 heteroatoms. The average Bonchev–Trinajstić information content (AvgIpc) is 2.37. The van der Waals surface area contributed by atoms with Gasteiger partial charge in [0.05, 0.1) is 0 Å². The van der Waals surface area contributed by atoms with Gasteiger partial charge in [-0.15, -0.1) is 0 Å². The number of nitrogens with one attached hydrogen (secondary N) is 2. The van der Waals surface area contributed by atoms with Crippen LogP contribution < -0.4 is 10.6 Å². The molecule has 19 heavy (non-hydrogen) atoms. The van der Waals surface area contributed by atoms with Crippen LogP contribution in [0.3, 0.4) is 0 Å². The van der Waals surface area contributed by atoms with E-state index >= 15 is 0 Å². The number of hydrogen-bond acceptors (Lipinski definition) is 2. The Kier molecular flexibility index (Phi) is 6.64. The Hall–Kier alpha value is -1.84. The van der Waals surface area contributed by atoms with Crippen LogP contribution in [0.5, 0.6) is 0 Å². The molecule has 0 heterocycles. The molecule has 0 bridgehead atoms. The lowest BCUT2D eigenvalue weighted by molar-refractivity contribution is -0.121. The number of rotatable bonds is 7. The highest BCUT2D eigenvalue weighted by Gasteiger charge is 2.01. The number of hydrogen-bond donors (Lipinski definition) is 2. The molecule has 0 saturated carbocycles. The van der Waals surface area contributed by atoms with Gasteiger partial charge in [-0.3, -0.25) is 9.59 Å². The van der Waals surface area contributed by atoms with Gasteiger partial charge in [0.2, 0.25) is 11.8 Å². The van der Waals surface area contributed by atoms with E-state index in [2.05, 4.69) is 34.9 Å². The molecule has 4 nitrogen and oxygen atoms in total. The van der Waals surface area contributed by atoms with E-state index in [0.29, 0.717) is 19.5 Å². The topological polar surface area (TPSA) is 58.2 Å². The molecule has 0 saturated heterocycles. The Morgan fingerprint density at radius 1 is 1.05 bits per heavy atom. The van der Waals surface area contributed by atoms with E-state index in [1.165, 1.54) is 18.1 Å². The molecule has 0 aliphatic heterocycles. The normalized spacial score (nSPS) is 10.0. The zero-order valence-electron chi connectivity index (χ0n) is 11.7. The third kappa shape index (κ3) is 7.24. The van der Waals surface area contributed by atoms with Gasteiger partial charge in [0.25, 0.3) is 0 Å². The predicted octanol–water partition coefficient (Wildman–Crippen LogP) is 1.57. The van der Waals surface area contributed by atoms with Crippen LogP contribution in [0.25, 0.3) is 0 Å². The molecule has 1 rings (SSSR count). The van der Waals surface area contributed by atoms with Gasteiger partial charge >= 0.3 is 0 Å². The van der Waals surface area contributed by atoms with Crippen LogP contribution in [0.15, 0.2) is 24.3 Å². The van der Waals surface area contributed by atoms with Crippen molar-refractivity contribution in [2.75, 3.05) is 13.1 Å². The summed E-state index contributed by atoms with van der Waals surface area (Å²) >= 11 is 0. The molecule has 0 aromatic heterocycles. The summed E-state index contributed by atoms with van der Waals surface area (Å²) in [7, 11) is 0. The van der Waals surface area contributed by atoms with E-state index in [9.17, 15) is 9.59 Å². The molecule has 104 valence electrons. The molecule has 0 aliphatic rings. The Bertz CT molecular complexity index is 413. The fraction of sp³-hybridized carbons (Fsp3) is 0.467. The van der Waals surface area contributed by atoms with Crippen molar-refractivity contribution in [3.63, 3.8) is 0 Å². The molecule has 0 fully saturated rings. The van der Waals surface area contributed by atoms with Gasteiger partial charge in [0.1, 0.15) is 0 Å². The van der Waals surface area contributed by atoms with Gasteiger partial charge < -0.3 is 10.6 Å². The van der Waals surface area contributed by atoms with Crippen LogP contribution in [0, 0.1) is 6.92 Å². The molecule has 0 aliphatic carbocycles. The summed E-state index contributed by atoms with van der Waals surface area (Å²) < 4.78 is 0. The third-order valence-electron chi connectivity index (χ3n) is 2.81. The van der Waals surface area contributed by atoms with Crippen LogP contribution in [0.4, 0.5) is 0 Å². The number of amides is 2. The van der Waals surface area contributed by atoms with Crippen LogP contribution in [-0.2, 0) is 16.0 Å². The minimum absolute atomic E-state index is 0.0364. The molecule has 0 spiro atoms. The fourth-order valence-electron chi connectivity index (χ4n) is 1.68. The van der Waals surface area contributed by atoms with Gasteiger partial charge in [-0.1, -0.05) is 29.8 Å². The van der Waals surface area contributed by atoms with E-state index < -0.39 is 0 Å². The average molecular weight is 262 g/mol. The maximum atomic E-state index is 11.6. The van der Waals surface area contributed by atoms with Crippen LogP contribution >= 0.6 is 0 Å². The highest BCUT2D eigenvalue weighted by molar-refractivity contribution is 5.76. The second kappa shape index (κ2) is 8.29. The highest BCUT2D eigenvalue weighted by atomic mass is 16.2. The van der Waals surface area contributed by atoms with Crippen molar-refractivity contribution in [2.24, 2.45) is 0 Å². The maximum Gasteiger partial charge on any atom is 0.220 e. The lowest BCUT2D eigenvalue weighted by atomic mass is 10.1. The fourth-order valence-corrected chi connectivity index (χ4v) is 1.68. The quantitative estimate of drug-likeness (QED) is 0.733. The van der Waals surface area contributed by atoms with Crippen molar-refractivity contribution in [3.8, 4) is 0 Å². The number of carbonyl (C=O) groups excluding carboxylic acids is 2. The summed E-state index contributed by atoms with van der Waals surface area (Å²) in [5.41, 5.74) is 2.41. The van der Waals surface area contributed by atoms with Crippen LogP contribution in [0.1, 0.15) is 30.9 Å². The third-order valence-corrected chi connectivity index (χ3v) is 2.81. The predicted molar refractivity (Wildman–Crippen MR) is 75.8 cm³/mol. The van der Waals surface area contributed by atoms with Gasteiger partial charge in [0, 0.05) is 26.4 Å². The van der Waals surface area contributed by atoms with Crippen molar-refractivity contribution in [1.82, 2.24) is 10.6 Å². The van der Waals surface area contributed by atoms with Crippen LogP contribution in [0.2, 0.25) is 0 Å². The first-order chi connectivity index (χ1) is 9.08. The van der Waals surface area contributed by atoms with E-state index in [1.807, 2.05) is 6.92 Å². The summed E-state index contributed by atoms with van der Waals surface area (Å²) in [6.45, 7) is 4.74. The molecule has 1 aromatic rings. The molecule has 0 unspecified atom stereocenters. The lowest BCUT2D eigenvalue weighted by Gasteiger charge is -2.06. The minimum Gasteiger partial charge on any atom is -0.356 e. The first-order valence-electron chi connectivity index (χ1n) is 6.64. The standard InChI is InChI=1S/C15H22N2O2/c1-12-4-6-14(7-5-12)8-9-15(19)17-11-3-10-16-13(2)18/h4-7H,3,8-11H2,1-2H3,(H,16,18)(H,17,19). The largest absolute Gasteiger partial charge is 0.356 e. The lowest BCUT2D eigenvalue weighted by Crippen LogP contribution is -2.28. The Morgan fingerprint density at radius 2 is 1.68 bits per heavy atom. The zero-order valence-corrected chi connectivity index (χ0v) is 11.7. The first-order valence-corrected chi connectivity index (χ1v) is 6.64. The molecule has 2 amide bonds. The molecule has 0 radical (unpaired) electrons. The monoisotopic (exact) mass is 262 g/mol. The Balaban J connectivity index is 2.11. The van der Waals surface area contributed by atoms with E-state index in [4.69, 9.17) is 0 Å². The van der Waals surface area contributed by atoms with Crippen molar-refractivity contribution in [2.45, 2.75) is 33.1 Å². The smallest absolute Gasteiger partial charge is 0.220 e. The number of benzene rings is 1. The van der Waals surface area contributed by atoms with Gasteiger partial charge in [0.15, 0.2) is 0 Å². The zero-order chi connectivity index (χ0) is 14.1. The molecule has 1 aromatic carbocycles. The van der Waals surface area contributed by atoms with E-state index in [0.717, 1.165) is 12.8 Å². The van der Waals surface area contributed by atoms with Crippen molar-refractivity contribution < 1.29 is 9.59 Å². The van der Waals surface area contributed by atoms with Crippen molar-refractivity contribution in [3.05, 3.63) is 35.4 Å². The summed E-state index contributed by atoms with van der Waals surface area (Å²) in [4.78, 5) is 22.2. The van der Waals surface area contributed by atoms with Gasteiger partial charge in [-0.2, -0.15) is 0 Å². The van der Waals surface area contributed by atoms with E-state index in [-0.39, 0.29) is 11.8 Å². The SMILES string of the molecule is CC(=O)NCCCNC(=O)CCc1ccc(C)cc1. The summed E-state index contributed by atoms with van der Waals surface area (Å²) in [6, 6.07) is 8.22. The minimum atomic E-state index is -0.0364. The number of carbonyl (C=O) groups is 2. The second-order valence-corrected chi connectivity index (χ2v) is 4.67. The van der Waals surface area contributed by atoms with E-state index in [1.54, 1.807) is 0 Å². The summed E-state index contributed by atoms with van der Waals surface area (Å²) in [6.07, 6.45) is 2.02. The van der Waals surface area contributed by atoms with Crippen molar-refractivity contribution in [1.29, 1.82) is 0 Å². The highest BCUT2D eigenvalue weighted by Crippen LogP contribution is 2.05. The first kappa shape index (κ1) is 15.2. The number of aryl methyl sites for hydroxylation is 2. The second-order valence-electron chi connectivity index (χ2n) is 4.67. The maximum absolute atomic E-state index is 11.6. The summed E-state index contributed by atoms with van der Waals surface area (Å²) in [5.74, 6) is 0.0223. The molecule has 2 N–H and O–H groups in total.